The molecule has 204 valence electrons. The zero-order valence-corrected chi connectivity index (χ0v) is 23.5. The zero-order chi connectivity index (χ0) is 27.9. The van der Waals surface area contributed by atoms with Crippen LogP contribution in [0.1, 0.15) is 63.9 Å². The van der Waals surface area contributed by atoms with Gasteiger partial charge in [-0.3, -0.25) is 9.59 Å². The monoisotopic (exact) mass is 567 g/mol. The maximum atomic E-state index is 13.0. The number of ether oxygens (including phenoxy) is 2. The number of rotatable bonds is 9. The van der Waals surface area contributed by atoms with Crippen LogP contribution in [0.25, 0.3) is 0 Å². The lowest BCUT2D eigenvalue weighted by molar-refractivity contribution is -0.127. The summed E-state index contributed by atoms with van der Waals surface area (Å²) in [4.78, 5) is 39.2. The van der Waals surface area contributed by atoms with Crippen LogP contribution in [0.15, 0.2) is 53.6 Å². The third kappa shape index (κ3) is 7.04. The van der Waals surface area contributed by atoms with E-state index in [9.17, 15) is 14.4 Å². The number of hydrogen-bond donors (Lipinski definition) is 2. The molecule has 1 aliphatic rings. The average molecular weight is 568 g/mol. The first kappa shape index (κ1) is 28.3. The van der Waals surface area contributed by atoms with Crippen LogP contribution in [-0.2, 0) is 22.4 Å². The molecular weight excluding hydrogens is 538 g/mol. The summed E-state index contributed by atoms with van der Waals surface area (Å²) >= 11 is 7.52. The first-order chi connectivity index (χ1) is 18.8. The van der Waals surface area contributed by atoms with Gasteiger partial charge in [-0.2, -0.15) is 5.10 Å². The molecule has 0 aliphatic heterocycles. The van der Waals surface area contributed by atoms with Crippen LogP contribution in [-0.4, -0.2) is 36.7 Å². The molecule has 2 atom stereocenters. The standard InChI is InChI=1S/C29H30ClN3O5S/c1-4-37-29(36)25-22-14-9-17(2)15-24(22)39-28(25)32-27(35)19-10-12-21(13-11-19)38-18(3)26(34)33-31-16-20-7-5-6-8-23(20)30/h5-8,10-13,16-18H,4,9,14-15H2,1-3H3,(H,32,35)(H,33,34)/b31-16-/t17-,18+/m1/s1. The molecule has 2 aromatic carbocycles. The van der Waals surface area contributed by atoms with Crippen molar-refractivity contribution in [1.82, 2.24) is 5.43 Å². The molecule has 1 aliphatic carbocycles. The van der Waals surface area contributed by atoms with E-state index in [0.29, 0.717) is 38.4 Å². The number of carbonyl (C=O) groups excluding carboxylic acids is 3. The second-order valence-electron chi connectivity index (χ2n) is 9.27. The maximum Gasteiger partial charge on any atom is 0.341 e. The predicted octanol–water partition coefficient (Wildman–Crippen LogP) is 5.87. The van der Waals surface area contributed by atoms with Crippen molar-refractivity contribution in [3.63, 3.8) is 0 Å². The van der Waals surface area contributed by atoms with E-state index in [2.05, 4.69) is 22.8 Å². The molecule has 2 N–H and O–H groups in total. The van der Waals surface area contributed by atoms with Gasteiger partial charge in [0.15, 0.2) is 6.10 Å². The van der Waals surface area contributed by atoms with E-state index < -0.39 is 18.0 Å². The first-order valence-electron chi connectivity index (χ1n) is 12.7. The second kappa shape index (κ2) is 12.9. The number of halogens is 1. The van der Waals surface area contributed by atoms with Crippen molar-refractivity contribution < 1.29 is 23.9 Å². The lowest BCUT2D eigenvalue weighted by atomic mass is 9.88. The fourth-order valence-electron chi connectivity index (χ4n) is 4.21. The molecular formula is C29H30ClN3O5S. The molecule has 1 aromatic heterocycles. The van der Waals surface area contributed by atoms with Gasteiger partial charge in [0, 0.05) is 21.0 Å². The lowest BCUT2D eigenvalue weighted by Crippen LogP contribution is -2.33. The van der Waals surface area contributed by atoms with E-state index in [0.717, 1.165) is 29.7 Å². The van der Waals surface area contributed by atoms with E-state index in [1.165, 1.54) is 17.6 Å². The van der Waals surface area contributed by atoms with Crippen molar-refractivity contribution >= 4 is 51.9 Å². The predicted molar refractivity (Wildman–Crippen MR) is 153 cm³/mol. The topological polar surface area (TPSA) is 106 Å². The van der Waals surface area contributed by atoms with Gasteiger partial charge < -0.3 is 14.8 Å². The largest absolute Gasteiger partial charge is 0.481 e. The molecule has 0 bridgehead atoms. The highest BCUT2D eigenvalue weighted by molar-refractivity contribution is 7.17. The molecule has 2 amide bonds. The van der Waals surface area contributed by atoms with E-state index in [1.54, 1.807) is 56.3 Å². The Balaban J connectivity index is 1.38. The van der Waals surface area contributed by atoms with Gasteiger partial charge in [0.2, 0.25) is 0 Å². The summed E-state index contributed by atoms with van der Waals surface area (Å²) in [5.74, 6) is -0.258. The minimum atomic E-state index is -0.833. The molecule has 39 heavy (non-hydrogen) atoms. The van der Waals surface area contributed by atoms with Crippen LogP contribution in [0.2, 0.25) is 5.02 Å². The van der Waals surface area contributed by atoms with E-state index in [-0.39, 0.29) is 12.5 Å². The highest BCUT2D eigenvalue weighted by Crippen LogP contribution is 2.40. The molecule has 10 heteroatoms. The Labute approximate surface area is 236 Å². The minimum absolute atomic E-state index is 0.263. The van der Waals surface area contributed by atoms with Crippen LogP contribution in [0.4, 0.5) is 5.00 Å². The van der Waals surface area contributed by atoms with Crippen molar-refractivity contribution in [3.8, 4) is 5.75 Å². The van der Waals surface area contributed by atoms with Crippen molar-refractivity contribution in [2.24, 2.45) is 11.0 Å². The van der Waals surface area contributed by atoms with Crippen molar-refractivity contribution in [2.75, 3.05) is 11.9 Å². The summed E-state index contributed by atoms with van der Waals surface area (Å²) in [6.45, 7) is 5.81. The third-order valence-electron chi connectivity index (χ3n) is 6.30. The van der Waals surface area contributed by atoms with Gasteiger partial charge in [0.1, 0.15) is 10.8 Å². The van der Waals surface area contributed by atoms with E-state index >= 15 is 0 Å². The van der Waals surface area contributed by atoms with Crippen LogP contribution in [0.5, 0.6) is 5.75 Å². The molecule has 0 saturated carbocycles. The lowest BCUT2D eigenvalue weighted by Gasteiger charge is -2.18. The summed E-state index contributed by atoms with van der Waals surface area (Å²) < 4.78 is 11.0. The van der Waals surface area contributed by atoms with Crippen molar-refractivity contribution in [2.45, 2.75) is 46.1 Å². The van der Waals surface area contributed by atoms with Crippen molar-refractivity contribution in [3.05, 3.63) is 80.7 Å². The summed E-state index contributed by atoms with van der Waals surface area (Å²) in [7, 11) is 0. The number of nitrogens with one attached hydrogen (secondary N) is 2. The summed E-state index contributed by atoms with van der Waals surface area (Å²) in [5, 5.41) is 7.87. The van der Waals surface area contributed by atoms with Gasteiger partial charge in [-0.05, 0) is 74.9 Å². The molecule has 0 unspecified atom stereocenters. The van der Waals surface area contributed by atoms with Crippen LogP contribution >= 0.6 is 22.9 Å². The molecule has 0 fully saturated rings. The van der Waals surface area contributed by atoms with Gasteiger partial charge in [-0.15, -0.1) is 11.3 Å². The SMILES string of the molecule is CCOC(=O)c1c(NC(=O)c2ccc(O[C@@H](C)C(=O)N/N=C\c3ccccc3Cl)cc2)sc2c1CC[C@@H](C)C2. The Morgan fingerprint density at radius 2 is 1.92 bits per heavy atom. The molecule has 0 radical (unpaired) electrons. The number of hydrogen-bond acceptors (Lipinski definition) is 7. The molecule has 3 aromatic rings. The Morgan fingerprint density at radius 3 is 2.64 bits per heavy atom. The highest BCUT2D eigenvalue weighted by Gasteiger charge is 2.29. The normalized spacial score (nSPS) is 15.3. The Morgan fingerprint density at radius 1 is 1.18 bits per heavy atom. The van der Waals surface area contributed by atoms with Crippen LogP contribution in [0, 0.1) is 5.92 Å². The molecule has 4 rings (SSSR count). The van der Waals surface area contributed by atoms with Crippen LogP contribution in [0.3, 0.4) is 0 Å². The molecule has 1 heterocycles. The number of benzene rings is 2. The summed E-state index contributed by atoms with van der Waals surface area (Å²) in [6.07, 6.45) is 3.29. The number of fused-ring (bicyclic) bond motifs is 1. The fraction of sp³-hybridized carbons (Fsp3) is 0.310. The number of nitrogens with zero attached hydrogens (tertiary/aromatic N) is 1. The maximum absolute atomic E-state index is 13.0. The number of amides is 2. The smallest absolute Gasteiger partial charge is 0.341 e. The van der Waals surface area contributed by atoms with Crippen LogP contribution < -0.4 is 15.5 Å². The first-order valence-corrected chi connectivity index (χ1v) is 13.9. The Kier molecular flexibility index (Phi) is 9.37. The molecule has 0 spiro atoms. The Bertz CT molecular complexity index is 1390. The minimum Gasteiger partial charge on any atom is -0.481 e. The van der Waals surface area contributed by atoms with Gasteiger partial charge in [-0.25, -0.2) is 10.2 Å². The van der Waals surface area contributed by atoms with Gasteiger partial charge in [0.05, 0.1) is 18.4 Å². The summed E-state index contributed by atoms with van der Waals surface area (Å²) in [5.41, 5.74) is 4.94. The zero-order valence-electron chi connectivity index (χ0n) is 22.0. The van der Waals surface area contributed by atoms with E-state index in [4.69, 9.17) is 21.1 Å². The highest BCUT2D eigenvalue weighted by atomic mass is 35.5. The number of hydrazone groups is 1. The Hall–Kier alpha value is -3.69. The van der Waals surface area contributed by atoms with Crippen molar-refractivity contribution in [1.29, 1.82) is 0 Å². The third-order valence-corrected chi connectivity index (χ3v) is 7.81. The number of thiophene rings is 1. The molecule has 0 saturated heterocycles. The van der Waals surface area contributed by atoms with Gasteiger partial charge in [0.25, 0.3) is 11.8 Å². The van der Waals surface area contributed by atoms with Gasteiger partial charge in [-0.1, -0.05) is 36.7 Å². The number of carbonyl (C=O) groups is 3. The second-order valence-corrected chi connectivity index (χ2v) is 10.8. The van der Waals surface area contributed by atoms with E-state index in [1.807, 2.05) is 6.07 Å². The summed E-state index contributed by atoms with van der Waals surface area (Å²) in [6, 6.07) is 13.6. The average Bonchev–Trinajstić information content (AvgIpc) is 3.26. The number of esters is 1. The molecule has 8 nitrogen and oxygen atoms in total. The van der Waals surface area contributed by atoms with Gasteiger partial charge >= 0.3 is 5.97 Å². The number of anilines is 1. The fourth-order valence-corrected chi connectivity index (χ4v) is 5.79. The quantitative estimate of drug-likeness (QED) is 0.191.